The molecule has 0 aliphatic heterocycles. The Labute approximate surface area is 123 Å². The molecule has 0 aliphatic carbocycles. The van der Waals surface area contributed by atoms with E-state index in [-0.39, 0.29) is 5.56 Å². The summed E-state index contributed by atoms with van der Waals surface area (Å²) >= 11 is 0. The first-order valence-electron chi connectivity index (χ1n) is 6.58. The quantitative estimate of drug-likeness (QED) is 0.830. The number of nitriles is 1. The SMILES string of the molecule is CC(C)(C)OC(=O)NCCC=Cc1c[nH]c(=O)c(C#N)c1. The molecule has 0 aromatic carbocycles. The fourth-order valence-corrected chi connectivity index (χ4v) is 1.47. The highest BCUT2D eigenvalue weighted by Crippen LogP contribution is 2.06. The van der Waals surface area contributed by atoms with E-state index in [9.17, 15) is 9.59 Å². The average molecular weight is 289 g/mol. The van der Waals surface area contributed by atoms with E-state index in [2.05, 4.69) is 10.3 Å². The fraction of sp³-hybridized carbons (Fsp3) is 0.400. The summed E-state index contributed by atoms with van der Waals surface area (Å²) in [5.41, 5.74) is -0.113. The van der Waals surface area contributed by atoms with E-state index in [1.54, 1.807) is 26.8 Å². The lowest BCUT2D eigenvalue weighted by Crippen LogP contribution is -2.32. The minimum Gasteiger partial charge on any atom is -0.444 e. The molecule has 0 bridgehead atoms. The molecule has 2 N–H and O–H groups in total. The van der Waals surface area contributed by atoms with Gasteiger partial charge in [0.05, 0.1) is 0 Å². The summed E-state index contributed by atoms with van der Waals surface area (Å²) in [4.78, 5) is 25.1. The van der Waals surface area contributed by atoms with E-state index in [0.29, 0.717) is 13.0 Å². The number of nitrogens with zero attached hydrogens (tertiary/aromatic N) is 1. The molecule has 6 heteroatoms. The molecule has 0 aliphatic rings. The van der Waals surface area contributed by atoms with Crippen LogP contribution < -0.4 is 10.9 Å². The monoisotopic (exact) mass is 289 g/mol. The van der Waals surface area contributed by atoms with Crippen molar-refractivity contribution in [3.63, 3.8) is 0 Å². The number of H-pyrrole nitrogens is 1. The van der Waals surface area contributed by atoms with Gasteiger partial charge in [0.15, 0.2) is 0 Å². The minimum atomic E-state index is -0.510. The number of ether oxygens (including phenoxy) is 1. The van der Waals surface area contributed by atoms with Crippen LogP contribution in [-0.4, -0.2) is 23.2 Å². The molecule has 1 aromatic rings. The predicted molar refractivity (Wildman–Crippen MR) is 79.7 cm³/mol. The number of alkyl carbamates (subject to hydrolysis) is 1. The Kier molecular flexibility index (Phi) is 5.73. The van der Waals surface area contributed by atoms with E-state index in [1.165, 1.54) is 12.3 Å². The van der Waals surface area contributed by atoms with Crippen LogP contribution in [-0.2, 0) is 4.74 Å². The molecule has 1 heterocycles. The molecular weight excluding hydrogens is 270 g/mol. The van der Waals surface area contributed by atoms with Crippen LogP contribution in [0.3, 0.4) is 0 Å². The third kappa shape index (κ3) is 6.43. The van der Waals surface area contributed by atoms with Crippen LogP contribution in [0.1, 0.15) is 38.3 Å². The average Bonchev–Trinajstić information content (AvgIpc) is 2.38. The van der Waals surface area contributed by atoms with Gasteiger partial charge < -0.3 is 15.0 Å². The zero-order chi connectivity index (χ0) is 15.9. The number of pyridine rings is 1. The van der Waals surface area contributed by atoms with E-state index < -0.39 is 17.3 Å². The highest BCUT2D eigenvalue weighted by molar-refractivity contribution is 5.67. The van der Waals surface area contributed by atoms with E-state index in [1.807, 2.05) is 12.1 Å². The molecule has 0 radical (unpaired) electrons. The standard InChI is InChI=1S/C15H19N3O3/c1-15(2,3)21-14(20)17-7-5-4-6-11-8-12(9-16)13(19)18-10-11/h4,6,8,10H,5,7H2,1-3H3,(H,17,20)(H,18,19). The number of carbonyl (C=O) groups excluding carboxylic acids is 1. The van der Waals surface area contributed by atoms with Gasteiger partial charge in [-0.1, -0.05) is 12.2 Å². The normalized spacial score (nSPS) is 11.1. The lowest BCUT2D eigenvalue weighted by Gasteiger charge is -2.19. The fourth-order valence-electron chi connectivity index (χ4n) is 1.47. The van der Waals surface area contributed by atoms with Crippen molar-refractivity contribution in [1.29, 1.82) is 5.26 Å². The second-order valence-electron chi connectivity index (χ2n) is 5.41. The first-order valence-corrected chi connectivity index (χ1v) is 6.58. The smallest absolute Gasteiger partial charge is 0.407 e. The van der Waals surface area contributed by atoms with Crippen molar-refractivity contribution in [1.82, 2.24) is 10.3 Å². The van der Waals surface area contributed by atoms with Crippen molar-refractivity contribution in [2.45, 2.75) is 32.8 Å². The van der Waals surface area contributed by atoms with Gasteiger partial charge in [0, 0.05) is 12.7 Å². The molecule has 21 heavy (non-hydrogen) atoms. The molecular formula is C15H19N3O3. The van der Waals surface area contributed by atoms with Crippen molar-refractivity contribution in [3.05, 3.63) is 39.8 Å². The van der Waals surface area contributed by atoms with Gasteiger partial charge in [0.2, 0.25) is 0 Å². The molecule has 0 atom stereocenters. The Morgan fingerprint density at radius 3 is 2.86 bits per heavy atom. The summed E-state index contributed by atoms with van der Waals surface area (Å²) in [5.74, 6) is 0. The second-order valence-corrected chi connectivity index (χ2v) is 5.41. The number of nitrogens with one attached hydrogen (secondary N) is 2. The van der Waals surface area contributed by atoms with Crippen LogP contribution in [0.15, 0.2) is 23.1 Å². The van der Waals surface area contributed by atoms with Crippen LogP contribution in [0.5, 0.6) is 0 Å². The lowest BCUT2D eigenvalue weighted by molar-refractivity contribution is 0.0529. The molecule has 0 saturated carbocycles. The topological polar surface area (TPSA) is 95.0 Å². The van der Waals surface area contributed by atoms with Gasteiger partial charge in [-0.25, -0.2) is 4.79 Å². The van der Waals surface area contributed by atoms with Crippen LogP contribution >= 0.6 is 0 Å². The summed E-state index contributed by atoms with van der Waals surface area (Å²) in [6.07, 6.45) is 5.30. The minimum absolute atomic E-state index is 0.0732. The molecule has 6 nitrogen and oxygen atoms in total. The van der Waals surface area contributed by atoms with Crippen LogP contribution in [0.25, 0.3) is 6.08 Å². The maximum absolute atomic E-state index is 11.4. The van der Waals surface area contributed by atoms with Crippen LogP contribution in [0, 0.1) is 11.3 Å². The molecule has 1 rings (SSSR count). The summed E-state index contributed by atoms with van der Waals surface area (Å²) in [6, 6.07) is 3.33. The van der Waals surface area contributed by atoms with Crippen LogP contribution in [0.2, 0.25) is 0 Å². The number of aromatic nitrogens is 1. The van der Waals surface area contributed by atoms with Gasteiger partial charge in [-0.15, -0.1) is 0 Å². The molecule has 1 amide bonds. The van der Waals surface area contributed by atoms with E-state index >= 15 is 0 Å². The maximum Gasteiger partial charge on any atom is 0.407 e. The Bertz CT molecular complexity index is 618. The largest absolute Gasteiger partial charge is 0.444 e. The van der Waals surface area contributed by atoms with Crippen molar-refractivity contribution in [2.75, 3.05) is 6.54 Å². The lowest BCUT2D eigenvalue weighted by atomic mass is 10.2. The van der Waals surface area contributed by atoms with Crippen molar-refractivity contribution in [2.24, 2.45) is 0 Å². The van der Waals surface area contributed by atoms with Gasteiger partial charge in [-0.05, 0) is 38.8 Å². The molecule has 0 unspecified atom stereocenters. The third-order valence-electron chi connectivity index (χ3n) is 2.34. The molecule has 0 spiro atoms. The summed E-state index contributed by atoms with van der Waals surface area (Å²) in [7, 11) is 0. The van der Waals surface area contributed by atoms with Crippen LogP contribution in [0.4, 0.5) is 4.79 Å². The molecule has 0 fully saturated rings. The Hall–Kier alpha value is -2.55. The number of hydrogen-bond donors (Lipinski definition) is 2. The van der Waals surface area contributed by atoms with Gasteiger partial charge in [0.25, 0.3) is 5.56 Å². The molecule has 112 valence electrons. The third-order valence-corrected chi connectivity index (χ3v) is 2.34. The van der Waals surface area contributed by atoms with Gasteiger partial charge in [-0.2, -0.15) is 5.26 Å². The van der Waals surface area contributed by atoms with E-state index in [0.717, 1.165) is 5.56 Å². The van der Waals surface area contributed by atoms with E-state index in [4.69, 9.17) is 10.00 Å². The summed E-state index contributed by atoms with van der Waals surface area (Å²) in [6.45, 7) is 5.85. The van der Waals surface area contributed by atoms with Gasteiger partial charge in [0.1, 0.15) is 17.2 Å². The zero-order valence-corrected chi connectivity index (χ0v) is 12.4. The highest BCUT2D eigenvalue weighted by atomic mass is 16.6. The zero-order valence-electron chi connectivity index (χ0n) is 12.4. The Morgan fingerprint density at radius 1 is 1.52 bits per heavy atom. The predicted octanol–water partition coefficient (Wildman–Crippen LogP) is 2.17. The van der Waals surface area contributed by atoms with Gasteiger partial charge >= 0.3 is 6.09 Å². The van der Waals surface area contributed by atoms with Gasteiger partial charge in [-0.3, -0.25) is 4.79 Å². The van der Waals surface area contributed by atoms with Crippen molar-refractivity contribution in [3.8, 4) is 6.07 Å². The first kappa shape index (κ1) is 16.5. The maximum atomic E-state index is 11.4. The Balaban J connectivity index is 2.41. The second kappa shape index (κ2) is 7.29. The number of amides is 1. The first-order chi connectivity index (χ1) is 9.81. The number of carbonyl (C=O) groups is 1. The number of hydrogen-bond acceptors (Lipinski definition) is 4. The van der Waals surface area contributed by atoms with Crippen molar-refractivity contribution < 1.29 is 9.53 Å². The number of rotatable bonds is 4. The van der Waals surface area contributed by atoms with Crippen molar-refractivity contribution >= 4 is 12.2 Å². The summed E-state index contributed by atoms with van der Waals surface area (Å²) in [5, 5.41) is 11.4. The molecule has 0 saturated heterocycles. The highest BCUT2D eigenvalue weighted by Gasteiger charge is 2.15. The summed E-state index contributed by atoms with van der Waals surface area (Å²) < 4.78 is 5.10. The molecule has 1 aromatic heterocycles. The number of aromatic amines is 1. The Morgan fingerprint density at radius 2 is 2.24 bits per heavy atom.